The van der Waals surface area contributed by atoms with Crippen molar-refractivity contribution in [2.45, 2.75) is 13.8 Å². The van der Waals surface area contributed by atoms with Gasteiger partial charge in [-0.3, -0.25) is 4.40 Å². The van der Waals surface area contributed by atoms with Crippen LogP contribution in [0.4, 0.5) is 0 Å². The molecule has 0 amide bonds. The summed E-state index contributed by atoms with van der Waals surface area (Å²) in [5.41, 5.74) is 4.97. The lowest BCUT2D eigenvalue weighted by atomic mass is 10.2. The van der Waals surface area contributed by atoms with Crippen molar-refractivity contribution in [2.24, 2.45) is 0 Å². The van der Waals surface area contributed by atoms with Crippen molar-refractivity contribution in [1.29, 1.82) is 0 Å². The SMILES string of the molecule is Cc1ccc(-n2nnc(-c3nnc4sc5ccccc5n34)c2C)cc1. The van der Waals surface area contributed by atoms with E-state index in [1.807, 2.05) is 35.9 Å². The number of nitrogens with zero attached hydrogens (tertiary/aromatic N) is 6. The van der Waals surface area contributed by atoms with Gasteiger partial charge in [0.2, 0.25) is 4.96 Å². The molecule has 5 rings (SSSR count). The van der Waals surface area contributed by atoms with Crippen LogP contribution in [-0.2, 0) is 0 Å². The van der Waals surface area contributed by atoms with E-state index in [0.29, 0.717) is 0 Å². The second kappa shape index (κ2) is 5.22. The lowest BCUT2D eigenvalue weighted by Crippen LogP contribution is -1.99. The molecule has 0 aliphatic heterocycles. The predicted octanol–water partition coefficient (Wildman–Crippen LogP) is 3.81. The van der Waals surface area contributed by atoms with Gasteiger partial charge in [-0.1, -0.05) is 46.4 Å². The van der Waals surface area contributed by atoms with E-state index in [1.54, 1.807) is 11.3 Å². The molecule has 122 valence electrons. The standard InChI is InChI=1S/C18H14N6S/c1-11-7-9-13(10-8-11)24-12(2)16(19-22-24)17-20-21-18-23(17)14-5-3-4-6-15(14)25-18/h3-10H,1-2H3. The van der Waals surface area contributed by atoms with Crippen LogP contribution in [0.3, 0.4) is 0 Å². The van der Waals surface area contributed by atoms with Crippen molar-refractivity contribution >= 4 is 26.5 Å². The highest BCUT2D eigenvalue weighted by Gasteiger charge is 2.20. The van der Waals surface area contributed by atoms with Gasteiger partial charge in [0.25, 0.3) is 0 Å². The molecule has 7 heteroatoms. The average Bonchev–Trinajstić information content (AvgIpc) is 3.29. The molecular weight excluding hydrogens is 332 g/mol. The first-order valence-electron chi connectivity index (χ1n) is 7.95. The molecule has 25 heavy (non-hydrogen) atoms. The van der Waals surface area contributed by atoms with Crippen LogP contribution in [0.5, 0.6) is 0 Å². The van der Waals surface area contributed by atoms with Gasteiger partial charge in [-0.25, -0.2) is 4.68 Å². The molecule has 3 aromatic heterocycles. The first-order valence-corrected chi connectivity index (χ1v) is 8.76. The summed E-state index contributed by atoms with van der Waals surface area (Å²) in [6.45, 7) is 4.07. The molecule has 5 aromatic rings. The van der Waals surface area contributed by atoms with Crippen LogP contribution < -0.4 is 0 Å². The maximum absolute atomic E-state index is 4.39. The monoisotopic (exact) mass is 346 g/mol. The number of fused-ring (bicyclic) bond motifs is 3. The van der Waals surface area contributed by atoms with Gasteiger partial charge in [0.15, 0.2) is 11.5 Å². The van der Waals surface area contributed by atoms with Gasteiger partial charge in [0, 0.05) is 0 Å². The first kappa shape index (κ1) is 14.3. The third kappa shape index (κ3) is 2.09. The Balaban J connectivity index is 1.72. The summed E-state index contributed by atoms with van der Waals surface area (Å²) in [6, 6.07) is 16.4. The Morgan fingerprint density at radius 2 is 1.68 bits per heavy atom. The summed E-state index contributed by atoms with van der Waals surface area (Å²) in [5, 5.41) is 17.4. The van der Waals surface area contributed by atoms with Crippen LogP contribution in [0.2, 0.25) is 0 Å². The Hall–Kier alpha value is -3.06. The fourth-order valence-electron chi connectivity index (χ4n) is 3.00. The van der Waals surface area contributed by atoms with E-state index < -0.39 is 0 Å². The highest BCUT2D eigenvalue weighted by atomic mass is 32.1. The molecule has 0 aliphatic carbocycles. The number of hydrogen-bond acceptors (Lipinski definition) is 5. The summed E-state index contributed by atoms with van der Waals surface area (Å²) < 4.78 is 5.07. The minimum Gasteiger partial charge on any atom is -0.264 e. The third-order valence-corrected chi connectivity index (χ3v) is 5.34. The van der Waals surface area contributed by atoms with Gasteiger partial charge in [0.1, 0.15) is 0 Å². The van der Waals surface area contributed by atoms with Crippen LogP contribution in [0.15, 0.2) is 48.5 Å². The topological polar surface area (TPSA) is 60.9 Å². The number of hydrogen-bond donors (Lipinski definition) is 0. The maximum atomic E-state index is 4.39. The first-order chi connectivity index (χ1) is 12.2. The predicted molar refractivity (Wildman–Crippen MR) is 98.2 cm³/mol. The Bertz CT molecular complexity index is 1210. The molecule has 3 heterocycles. The van der Waals surface area contributed by atoms with E-state index in [-0.39, 0.29) is 0 Å². The number of para-hydroxylation sites is 1. The van der Waals surface area contributed by atoms with Crippen LogP contribution in [-0.4, -0.2) is 29.6 Å². The normalized spacial score (nSPS) is 11.6. The molecular formula is C18H14N6S. The van der Waals surface area contributed by atoms with Crippen molar-refractivity contribution in [3.8, 4) is 17.2 Å². The van der Waals surface area contributed by atoms with Crippen LogP contribution >= 0.6 is 11.3 Å². The molecule has 0 spiro atoms. The molecule has 0 radical (unpaired) electrons. The summed E-state index contributed by atoms with van der Waals surface area (Å²) in [4.78, 5) is 0.862. The zero-order valence-corrected chi connectivity index (χ0v) is 14.5. The van der Waals surface area contributed by atoms with E-state index in [2.05, 4.69) is 56.1 Å². The lowest BCUT2D eigenvalue weighted by Gasteiger charge is -2.03. The lowest BCUT2D eigenvalue weighted by molar-refractivity contribution is 0.785. The Kier molecular flexibility index (Phi) is 2.98. The van der Waals surface area contributed by atoms with Gasteiger partial charge >= 0.3 is 0 Å². The zero-order chi connectivity index (χ0) is 17.0. The zero-order valence-electron chi connectivity index (χ0n) is 13.7. The van der Waals surface area contributed by atoms with E-state index >= 15 is 0 Å². The van der Waals surface area contributed by atoms with Crippen molar-refractivity contribution in [3.05, 3.63) is 59.8 Å². The molecule has 0 saturated heterocycles. The molecule has 0 aliphatic rings. The van der Waals surface area contributed by atoms with Gasteiger partial charge in [-0.05, 0) is 38.1 Å². The number of benzene rings is 2. The second-order valence-corrected chi connectivity index (χ2v) is 6.99. The maximum Gasteiger partial charge on any atom is 0.217 e. The molecule has 6 nitrogen and oxygen atoms in total. The summed E-state index contributed by atoms with van der Waals surface area (Å²) in [6.07, 6.45) is 0. The molecule has 0 atom stereocenters. The molecule has 0 N–H and O–H groups in total. The molecule has 2 aromatic carbocycles. The number of aryl methyl sites for hydroxylation is 1. The van der Waals surface area contributed by atoms with Crippen molar-refractivity contribution in [1.82, 2.24) is 29.6 Å². The van der Waals surface area contributed by atoms with E-state index in [1.165, 1.54) is 10.3 Å². The number of rotatable bonds is 2. The summed E-state index contributed by atoms with van der Waals surface area (Å²) in [5.74, 6) is 0.725. The van der Waals surface area contributed by atoms with Crippen molar-refractivity contribution < 1.29 is 0 Å². The molecule has 0 fully saturated rings. The van der Waals surface area contributed by atoms with Crippen LogP contribution in [0, 0.1) is 13.8 Å². The van der Waals surface area contributed by atoms with Gasteiger partial charge in [0.05, 0.1) is 21.6 Å². The summed E-state index contributed by atoms with van der Waals surface area (Å²) in [7, 11) is 0. The Morgan fingerprint density at radius 3 is 2.52 bits per heavy atom. The molecule has 0 unspecified atom stereocenters. The summed E-state index contributed by atoms with van der Waals surface area (Å²) >= 11 is 1.62. The minimum atomic E-state index is 0.725. The highest BCUT2D eigenvalue weighted by molar-refractivity contribution is 7.23. The van der Waals surface area contributed by atoms with E-state index in [9.17, 15) is 0 Å². The van der Waals surface area contributed by atoms with Crippen molar-refractivity contribution in [3.63, 3.8) is 0 Å². The van der Waals surface area contributed by atoms with Gasteiger partial charge in [-0.2, -0.15) is 0 Å². The van der Waals surface area contributed by atoms with Gasteiger partial charge < -0.3 is 0 Å². The molecule has 0 bridgehead atoms. The fourth-order valence-corrected chi connectivity index (χ4v) is 3.97. The second-order valence-electron chi connectivity index (χ2n) is 5.98. The minimum absolute atomic E-state index is 0.725. The molecule has 0 saturated carbocycles. The Labute approximate surface area is 147 Å². The van der Waals surface area contributed by atoms with E-state index in [0.717, 1.165) is 33.4 Å². The van der Waals surface area contributed by atoms with Crippen molar-refractivity contribution in [2.75, 3.05) is 0 Å². The number of thiazole rings is 1. The quantitative estimate of drug-likeness (QED) is 0.488. The fraction of sp³-hybridized carbons (Fsp3) is 0.111. The number of aromatic nitrogens is 6. The smallest absolute Gasteiger partial charge is 0.217 e. The van der Waals surface area contributed by atoms with E-state index in [4.69, 9.17) is 0 Å². The highest BCUT2D eigenvalue weighted by Crippen LogP contribution is 2.30. The Morgan fingerprint density at radius 1 is 0.880 bits per heavy atom. The van der Waals surface area contributed by atoms with Gasteiger partial charge in [-0.15, -0.1) is 15.3 Å². The van der Waals surface area contributed by atoms with Crippen LogP contribution in [0.1, 0.15) is 11.3 Å². The third-order valence-electron chi connectivity index (χ3n) is 4.33. The average molecular weight is 346 g/mol. The van der Waals surface area contributed by atoms with Crippen LogP contribution in [0.25, 0.3) is 32.4 Å². The largest absolute Gasteiger partial charge is 0.264 e.